The fourth-order valence-electron chi connectivity index (χ4n) is 1.07. The lowest BCUT2D eigenvalue weighted by atomic mass is 10.1. The zero-order valence-electron chi connectivity index (χ0n) is 6.97. The van der Waals surface area contributed by atoms with Crippen molar-refractivity contribution in [2.75, 3.05) is 0 Å². The predicted molar refractivity (Wildman–Crippen MR) is 54.5 cm³/mol. The molecule has 2 N–H and O–H groups in total. The zero-order valence-corrected chi connectivity index (χ0v) is 9.12. The quantitative estimate of drug-likeness (QED) is 0.671. The van der Waals surface area contributed by atoms with Crippen molar-refractivity contribution in [3.8, 4) is 6.07 Å². The first-order chi connectivity index (χ1) is 6.60. The molecule has 1 rings (SSSR count). The molecule has 14 heavy (non-hydrogen) atoms. The molecule has 0 saturated carbocycles. The van der Waals surface area contributed by atoms with Crippen LogP contribution in [0.2, 0.25) is 0 Å². The van der Waals surface area contributed by atoms with Gasteiger partial charge in [0, 0.05) is 6.54 Å². The van der Waals surface area contributed by atoms with E-state index in [2.05, 4.69) is 4.98 Å². The number of hydrogen-bond acceptors (Lipinski definition) is 3. The van der Waals surface area contributed by atoms with Crippen molar-refractivity contribution in [2.24, 2.45) is 5.73 Å². The van der Waals surface area contributed by atoms with Crippen molar-refractivity contribution in [1.82, 2.24) is 4.98 Å². The SMILES string of the molecule is N#Cc1nc(I)cc(CN)c1C(F)F. The number of nitrogens with zero attached hydrogens (tertiary/aromatic N) is 2. The van der Waals surface area contributed by atoms with Crippen LogP contribution < -0.4 is 5.73 Å². The highest BCUT2D eigenvalue weighted by Gasteiger charge is 2.19. The van der Waals surface area contributed by atoms with Gasteiger partial charge in [0.15, 0.2) is 5.69 Å². The van der Waals surface area contributed by atoms with E-state index < -0.39 is 6.43 Å². The first kappa shape index (κ1) is 11.3. The summed E-state index contributed by atoms with van der Waals surface area (Å²) >= 11 is 1.86. The molecule has 1 heterocycles. The lowest BCUT2D eigenvalue weighted by molar-refractivity contribution is 0.149. The molecule has 0 aliphatic heterocycles. The third-order valence-corrected chi connectivity index (χ3v) is 2.21. The van der Waals surface area contributed by atoms with Gasteiger partial charge in [0.05, 0.1) is 5.56 Å². The van der Waals surface area contributed by atoms with Crippen LogP contribution in [0.25, 0.3) is 0 Å². The summed E-state index contributed by atoms with van der Waals surface area (Å²) in [6.07, 6.45) is -2.72. The standard InChI is InChI=1S/C8H6F2IN3/c9-8(10)7-4(2-12)1-6(11)14-5(7)3-13/h1,8H,2,12H2. The van der Waals surface area contributed by atoms with Gasteiger partial charge in [-0.25, -0.2) is 13.8 Å². The van der Waals surface area contributed by atoms with Crippen molar-refractivity contribution in [3.05, 3.63) is 26.6 Å². The Labute approximate surface area is 93.1 Å². The molecule has 0 unspecified atom stereocenters. The zero-order chi connectivity index (χ0) is 10.7. The average molecular weight is 309 g/mol. The predicted octanol–water partition coefficient (Wildman–Crippen LogP) is 1.95. The monoisotopic (exact) mass is 309 g/mol. The molecule has 0 aliphatic carbocycles. The van der Waals surface area contributed by atoms with Gasteiger partial charge in [0.25, 0.3) is 6.43 Å². The van der Waals surface area contributed by atoms with Gasteiger partial charge >= 0.3 is 0 Å². The van der Waals surface area contributed by atoms with Crippen molar-refractivity contribution in [3.63, 3.8) is 0 Å². The second-order valence-electron chi connectivity index (χ2n) is 2.48. The smallest absolute Gasteiger partial charge is 0.266 e. The van der Waals surface area contributed by atoms with E-state index in [9.17, 15) is 8.78 Å². The topological polar surface area (TPSA) is 62.7 Å². The van der Waals surface area contributed by atoms with Gasteiger partial charge < -0.3 is 5.73 Å². The number of hydrogen-bond donors (Lipinski definition) is 1. The summed E-state index contributed by atoms with van der Waals surface area (Å²) in [5.74, 6) is 0. The maximum Gasteiger partial charge on any atom is 0.266 e. The minimum atomic E-state index is -2.72. The Balaban J connectivity index is 3.42. The Bertz CT molecular complexity index is 387. The molecule has 0 aliphatic rings. The number of aromatic nitrogens is 1. The largest absolute Gasteiger partial charge is 0.326 e. The van der Waals surface area contributed by atoms with E-state index >= 15 is 0 Å². The number of nitriles is 1. The number of nitrogens with two attached hydrogens (primary N) is 1. The van der Waals surface area contributed by atoms with Crippen molar-refractivity contribution in [1.29, 1.82) is 5.26 Å². The third-order valence-electron chi connectivity index (χ3n) is 1.66. The summed E-state index contributed by atoms with van der Waals surface area (Å²) in [5.41, 5.74) is 4.99. The lowest BCUT2D eigenvalue weighted by Gasteiger charge is -2.08. The number of rotatable bonds is 2. The first-order valence-electron chi connectivity index (χ1n) is 3.67. The second-order valence-corrected chi connectivity index (χ2v) is 3.59. The van der Waals surface area contributed by atoms with Crippen LogP contribution in [0.1, 0.15) is 23.2 Å². The van der Waals surface area contributed by atoms with Crippen LogP contribution in [-0.2, 0) is 6.54 Å². The highest BCUT2D eigenvalue weighted by atomic mass is 127. The molecular formula is C8H6F2IN3. The molecule has 0 aromatic carbocycles. The molecule has 0 spiro atoms. The van der Waals surface area contributed by atoms with Crippen LogP contribution in [0.15, 0.2) is 6.07 Å². The molecule has 74 valence electrons. The number of pyridine rings is 1. The fraction of sp³-hybridized carbons (Fsp3) is 0.250. The minimum absolute atomic E-state index is 0.0210. The van der Waals surface area contributed by atoms with E-state index in [1.807, 2.05) is 22.6 Å². The number of alkyl halides is 2. The van der Waals surface area contributed by atoms with Crippen LogP contribution >= 0.6 is 22.6 Å². The molecule has 1 aromatic rings. The highest BCUT2D eigenvalue weighted by molar-refractivity contribution is 14.1. The van der Waals surface area contributed by atoms with Gasteiger partial charge in [-0.1, -0.05) is 0 Å². The van der Waals surface area contributed by atoms with Gasteiger partial charge in [-0.05, 0) is 34.2 Å². The van der Waals surface area contributed by atoms with E-state index in [1.54, 1.807) is 6.07 Å². The fourth-order valence-corrected chi connectivity index (χ4v) is 1.69. The normalized spacial score (nSPS) is 10.3. The Morgan fingerprint density at radius 1 is 1.64 bits per heavy atom. The van der Waals surface area contributed by atoms with E-state index in [1.165, 1.54) is 6.07 Å². The van der Waals surface area contributed by atoms with E-state index in [4.69, 9.17) is 11.0 Å². The summed E-state index contributed by atoms with van der Waals surface area (Å²) in [6.45, 7) is -0.0210. The number of halogens is 3. The molecule has 0 radical (unpaired) electrons. The van der Waals surface area contributed by atoms with Crippen molar-refractivity contribution in [2.45, 2.75) is 13.0 Å². The Kier molecular flexibility index (Phi) is 3.71. The van der Waals surface area contributed by atoms with E-state index in [-0.39, 0.29) is 23.4 Å². The summed E-state index contributed by atoms with van der Waals surface area (Å²) < 4.78 is 25.6. The van der Waals surface area contributed by atoms with Crippen molar-refractivity contribution >= 4 is 22.6 Å². The summed E-state index contributed by atoms with van der Waals surface area (Å²) in [6, 6.07) is 3.10. The highest BCUT2D eigenvalue weighted by Crippen LogP contribution is 2.26. The molecule has 0 bridgehead atoms. The maximum absolute atomic E-state index is 12.5. The summed E-state index contributed by atoms with van der Waals surface area (Å²) in [5, 5.41) is 8.62. The molecule has 0 saturated heterocycles. The lowest BCUT2D eigenvalue weighted by Crippen LogP contribution is -2.07. The van der Waals surface area contributed by atoms with Gasteiger partial charge in [0.2, 0.25) is 0 Å². The van der Waals surface area contributed by atoms with Gasteiger partial charge in [-0.2, -0.15) is 5.26 Å². The van der Waals surface area contributed by atoms with Gasteiger partial charge in [-0.3, -0.25) is 0 Å². The van der Waals surface area contributed by atoms with E-state index in [0.29, 0.717) is 3.70 Å². The van der Waals surface area contributed by atoms with E-state index in [0.717, 1.165) is 0 Å². The van der Waals surface area contributed by atoms with Crippen LogP contribution in [-0.4, -0.2) is 4.98 Å². The van der Waals surface area contributed by atoms with Crippen LogP contribution in [0.4, 0.5) is 8.78 Å². The van der Waals surface area contributed by atoms with Gasteiger partial charge in [0.1, 0.15) is 9.77 Å². The first-order valence-corrected chi connectivity index (χ1v) is 4.75. The molecule has 6 heteroatoms. The Hall–Kier alpha value is -0.810. The molecule has 0 amide bonds. The van der Waals surface area contributed by atoms with Gasteiger partial charge in [-0.15, -0.1) is 0 Å². The molecule has 3 nitrogen and oxygen atoms in total. The molecule has 0 atom stereocenters. The third kappa shape index (κ3) is 2.16. The summed E-state index contributed by atoms with van der Waals surface area (Å²) in [7, 11) is 0. The minimum Gasteiger partial charge on any atom is -0.326 e. The molecule has 0 fully saturated rings. The Morgan fingerprint density at radius 2 is 2.29 bits per heavy atom. The summed E-state index contributed by atoms with van der Waals surface area (Å²) in [4.78, 5) is 3.71. The van der Waals surface area contributed by atoms with Crippen LogP contribution in [0, 0.1) is 15.0 Å². The second kappa shape index (κ2) is 4.61. The molecule has 1 aromatic heterocycles. The Morgan fingerprint density at radius 3 is 2.71 bits per heavy atom. The van der Waals surface area contributed by atoms with Crippen LogP contribution in [0.5, 0.6) is 0 Å². The maximum atomic E-state index is 12.5. The molecular weight excluding hydrogens is 303 g/mol. The van der Waals surface area contributed by atoms with Crippen LogP contribution in [0.3, 0.4) is 0 Å². The van der Waals surface area contributed by atoms with Crippen molar-refractivity contribution < 1.29 is 8.78 Å². The average Bonchev–Trinajstić information content (AvgIpc) is 2.15.